The summed E-state index contributed by atoms with van der Waals surface area (Å²) in [6.07, 6.45) is 1.65. The molecule has 1 atom stereocenters. The van der Waals surface area contributed by atoms with E-state index in [1.165, 1.54) is 0 Å². The van der Waals surface area contributed by atoms with Crippen molar-refractivity contribution in [2.75, 3.05) is 24.7 Å². The largest absolute Gasteiger partial charge is 0.397 e. The molecule has 0 fully saturated rings. The number of nitrogen functional groups attached to an aromatic ring is 2. The average Bonchev–Trinajstić information content (AvgIpc) is 2.70. The maximum absolute atomic E-state index is 8.96. The molecule has 5 nitrogen and oxygen atoms in total. The van der Waals surface area contributed by atoms with Crippen LogP contribution in [-0.2, 0) is 17.6 Å². The van der Waals surface area contributed by atoms with E-state index in [0.29, 0.717) is 30.4 Å². The molecular formula is C12H16N4O. The molecule has 0 aliphatic heterocycles. The van der Waals surface area contributed by atoms with Gasteiger partial charge >= 0.3 is 0 Å². The average molecular weight is 232 g/mol. The second-order valence-corrected chi connectivity index (χ2v) is 4.26. The van der Waals surface area contributed by atoms with Crippen LogP contribution in [0.15, 0.2) is 0 Å². The molecule has 90 valence electrons. The Hall–Kier alpha value is -1.80. The first-order chi connectivity index (χ1) is 8.17. The Morgan fingerprint density at radius 2 is 2.24 bits per heavy atom. The number of pyridine rings is 1. The quantitative estimate of drug-likeness (QED) is 0.805. The highest BCUT2D eigenvalue weighted by molar-refractivity contribution is 5.69. The van der Waals surface area contributed by atoms with Crippen molar-refractivity contribution in [1.82, 2.24) is 4.98 Å². The van der Waals surface area contributed by atoms with E-state index in [9.17, 15) is 0 Å². The lowest BCUT2D eigenvalue weighted by molar-refractivity contribution is 0.113. The fourth-order valence-corrected chi connectivity index (χ4v) is 2.26. The molecule has 1 heterocycles. The molecule has 1 aliphatic rings. The predicted molar refractivity (Wildman–Crippen MR) is 65.2 cm³/mol. The van der Waals surface area contributed by atoms with E-state index in [2.05, 4.69) is 4.98 Å². The zero-order valence-electron chi connectivity index (χ0n) is 9.86. The molecule has 0 amide bonds. The number of hydrogen-bond acceptors (Lipinski definition) is 5. The summed E-state index contributed by atoms with van der Waals surface area (Å²) >= 11 is 0. The monoisotopic (exact) mass is 232 g/mol. The number of nitrogens with zero attached hydrogens (tertiary/aromatic N) is 2. The first-order valence-electron chi connectivity index (χ1n) is 5.71. The highest BCUT2D eigenvalue weighted by Crippen LogP contribution is 2.33. The van der Waals surface area contributed by atoms with Crippen molar-refractivity contribution >= 4 is 11.5 Å². The molecular weight excluding hydrogens is 216 g/mol. The molecule has 0 saturated carbocycles. The second-order valence-electron chi connectivity index (χ2n) is 4.26. The zero-order valence-corrected chi connectivity index (χ0v) is 9.86. The van der Waals surface area contributed by atoms with Crippen LogP contribution in [-0.4, -0.2) is 18.2 Å². The molecule has 1 unspecified atom stereocenters. The smallest absolute Gasteiger partial charge is 0.143 e. The number of fused-ring (bicyclic) bond motifs is 1. The van der Waals surface area contributed by atoms with E-state index < -0.39 is 0 Å². The van der Waals surface area contributed by atoms with Crippen molar-refractivity contribution in [3.8, 4) is 6.07 Å². The molecule has 1 aromatic rings. The fraction of sp³-hybridized carbons (Fsp3) is 0.500. The van der Waals surface area contributed by atoms with Crippen molar-refractivity contribution in [1.29, 1.82) is 5.26 Å². The Balaban J connectivity index is 2.27. The topological polar surface area (TPSA) is 98.0 Å². The van der Waals surface area contributed by atoms with E-state index >= 15 is 0 Å². The SMILES string of the molecule is CCOCC1Cc2nc(N)c(C#N)c(N)c2C1. The van der Waals surface area contributed by atoms with Crippen molar-refractivity contribution in [3.63, 3.8) is 0 Å². The lowest BCUT2D eigenvalue weighted by Gasteiger charge is -2.08. The van der Waals surface area contributed by atoms with Gasteiger partial charge in [0.25, 0.3) is 0 Å². The van der Waals surface area contributed by atoms with Gasteiger partial charge in [-0.15, -0.1) is 0 Å². The van der Waals surface area contributed by atoms with Crippen LogP contribution >= 0.6 is 0 Å². The van der Waals surface area contributed by atoms with Gasteiger partial charge in [-0.3, -0.25) is 0 Å². The predicted octanol–water partition coefficient (Wildman–Crippen LogP) is 0.869. The minimum absolute atomic E-state index is 0.237. The third kappa shape index (κ3) is 2.04. The van der Waals surface area contributed by atoms with Gasteiger partial charge < -0.3 is 16.2 Å². The van der Waals surface area contributed by atoms with Gasteiger partial charge in [0.2, 0.25) is 0 Å². The fourth-order valence-electron chi connectivity index (χ4n) is 2.26. The number of ether oxygens (including phenoxy) is 1. The Bertz CT molecular complexity index is 478. The van der Waals surface area contributed by atoms with Crippen LogP contribution < -0.4 is 11.5 Å². The third-order valence-corrected chi connectivity index (χ3v) is 3.10. The van der Waals surface area contributed by atoms with Gasteiger partial charge in [-0.1, -0.05) is 0 Å². The van der Waals surface area contributed by atoms with E-state index in [0.717, 1.165) is 24.1 Å². The van der Waals surface area contributed by atoms with E-state index in [1.807, 2.05) is 13.0 Å². The summed E-state index contributed by atoms with van der Waals surface area (Å²) in [4.78, 5) is 4.26. The molecule has 0 spiro atoms. The van der Waals surface area contributed by atoms with Gasteiger partial charge in [0.05, 0.1) is 12.3 Å². The standard InChI is InChI=1S/C12H16N4O/c1-2-17-6-7-3-8-10(4-7)16-12(15)9(5-13)11(8)14/h7H,2-4,6H2,1H3,(H4,14,15,16). The van der Waals surface area contributed by atoms with Crippen LogP contribution in [0.25, 0.3) is 0 Å². The zero-order chi connectivity index (χ0) is 12.4. The van der Waals surface area contributed by atoms with Crippen LogP contribution in [0.2, 0.25) is 0 Å². The molecule has 0 saturated heterocycles. The van der Waals surface area contributed by atoms with Gasteiger partial charge in [0.1, 0.15) is 17.5 Å². The summed E-state index contributed by atoms with van der Waals surface area (Å²) in [7, 11) is 0. The van der Waals surface area contributed by atoms with Crippen molar-refractivity contribution < 1.29 is 4.74 Å². The van der Waals surface area contributed by atoms with Crippen LogP contribution in [0.1, 0.15) is 23.7 Å². The van der Waals surface area contributed by atoms with Crippen LogP contribution in [0.5, 0.6) is 0 Å². The van der Waals surface area contributed by atoms with Crippen LogP contribution in [0.4, 0.5) is 11.5 Å². The first kappa shape index (κ1) is 11.7. The number of aromatic nitrogens is 1. The minimum atomic E-state index is 0.237. The molecule has 4 N–H and O–H groups in total. The Kier molecular flexibility index (Phi) is 3.16. The molecule has 5 heteroatoms. The second kappa shape index (κ2) is 4.60. The van der Waals surface area contributed by atoms with Crippen molar-refractivity contribution in [2.24, 2.45) is 5.92 Å². The van der Waals surface area contributed by atoms with E-state index in [-0.39, 0.29) is 5.82 Å². The molecule has 17 heavy (non-hydrogen) atoms. The van der Waals surface area contributed by atoms with Gasteiger partial charge in [-0.2, -0.15) is 5.26 Å². The summed E-state index contributed by atoms with van der Waals surface area (Å²) in [6.45, 7) is 3.38. The molecule has 1 aliphatic carbocycles. The Morgan fingerprint density at radius 3 is 2.88 bits per heavy atom. The normalized spacial score (nSPS) is 17.8. The maximum Gasteiger partial charge on any atom is 0.143 e. The van der Waals surface area contributed by atoms with Gasteiger partial charge in [-0.25, -0.2) is 4.98 Å². The van der Waals surface area contributed by atoms with Crippen LogP contribution in [0, 0.1) is 17.2 Å². The number of hydrogen-bond donors (Lipinski definition) is 2. The summed E-state index contributed by atoms with van der Waals surface area (Å²) in [6, 6.07) is 2.01. The Morgan fingerprint density at radius 1 is 1.47 bits per heavy atom. The minimum Gasteiger partial charge on any atom is -0.397 e. The van der Waals surface area contributed by atoms with Crippen molar-refractivity contribution in [3.05, 3.63) is 16.8 Å². The highest BCUT2D eigenvalue weighted by atomic mass is 16.5. The number of anilines is 2. The van der Waals surface area contributed by atoms with Gasteiger partial charge in [0.15, 0.2) is 0 Å². The summed E-state index contributed by atoms with van der Waals surface area (Å²) in [5, 5.41) is 8.96. The van der Waals surface area contributed by atoms with E-state index in [1.54, 1.807) is 0 Å². The lowest BCUT2D eigenvalue weighted by atomic mass is 10.1. The molecule has 0 bridgehead atoms. The van der Waals surface area contributed by atoms with Crippen LogP contribution in [0.3, 0.4) is 0 Å². The summed E-state index contributed by atoms with van der Waals surface area (Å²) in [5.74, 6) is 0.633. The lowest BCUT2D eigenvalue weighted by Crippen LogP contribution is -2.09. The van der Waals surface area contributed by atoms with Gasteiger partial charge in [-0.05, 0) is 31.2 Å². The van der Waals surface area contributed by atoms with E-state index in [4.69, 9.17) is 21.5 Å². The summed E-state index contributed by atoms with van der Waals surface area (Å²) < 4.78 is 5.41. The molecule has 0 aromatic carbocycles. The Labute approximate surface area is 100 Å². The number of rotatable bonds is 3. The summed E-state index contributed by atoms with van der Waals surface area (Å²) in [5.41, 5.74) is 14.4. The molecule has 1 aromatic heterocycles. The maximum atomic E-state index is 8.96. The number of nitriles is 1. The van der Waals surface area contributed by atoms with Crippen molar-refractivity contribution in [2.45, 2.75) is 19.8 Å². The molecule has 2 rings (SSSR count). The number of nitrogens with two attached hydrogens (primary N) is 2. The molecule has 0 radical (unpaired) electrons. The highest BCUT2D eigenvalue weighted by Gasteiger charge is 2.27. The first-order valence-corrected chi connectivity index (χ1v) is 5.71. The third-order valence-electron chi connectivity index (χ3n) is 3.10. The van der Waals surface area contributed by atoms with Gasteiger partial charge in [0, 0.05) is 12.3 Å².